The number of halogens is 1. The molecule has 86 valence electrons. The van der Waals surface area contributed by atoms with E-state index in [1.54, 1.807) is 0 Å². The van der Waals surface area contributed by atoms with Crippen LogP contribution in [0.3, 0.4) is 0 Å². The smallest absolute Gasteiger partial charge is 0.109 e. The number of aromatic nitrogens is 2. The Morgan fingerprint density at radius 2 is 2.27 bits per heavy atom. The number of aryl methyl sites for hydroxylation is 1. The minimum Gasteiger partial charge on any atom is -0.338 e. The number of hydrogen-bond donors (Lipinski definition) is 1. The second kappa shape index (κ2) is 6.13. The number of nitrogens with zero attached hydrogens (tertiary/aromatic N) is 2. The molecule has 0 aliphatic carbocycles. The van der Waals surface area contributed by atoms with Crippen molar-refractivity contribution in [1.29, 1.82) is 0 Å². The highest BCUT2D eigenvalue weighted by atomic mass is 35.5. The van der Waals surface area contributed by atoms with Crippen molar-refractivity contribution in [2.24, 2.45) is 13.0 Å². The number of nitrogens with one attached hydrogen (secondary N) is 1. The number of hydrogen-bond acceptors (Lipinski definition) is 2. The van der Waals surface area contributed by atoms with Crippen molar-refractivity contribution in [3.05, 3.63) is 18.2 Å². The second-order valence-electron chi connectivity index (χ2n) is 4.16. The van der Waals surface area contributed by atoms with Gasteiger partial charge in [-0.05, 0) is 5.92 Å². The van der Waals surface area contributed by atoms with Crippen LogP contribution in [0.4, 0.5) is 0 Å². The first kappa shape index (κ1) is 12.5. The zero-order chi connectivity index (χ0) is 11.3. The third-order valence-electron chi connectivity index (χ3n) is 2.65. The summed E-state index contributed by atoms with van der Waals surface area (Å²) < 4.78 is 2.05. The molecule has 1 aromatic rings. The van der Waals surface area contributed by atoms with Crippen LogP contribution in [0.2, 0.25) is 0 Å². The van der Waals surface area contributed by atoms with Gasteiger partial charge in [0, 0.05) is 44.3 Å². The molecule has 1 unspecified atom stereocenters. The Labute approximate surface area is 96.8 Å². The van der Waals surface area contributed by atoms with Gasteiger partial charge in [-0.25, -0.2) is 4.98 Å². The summed E-state index contributed by atoms with van der Waals surface area (Å²) in [5.74, 6) is 2.35. The van der Waals surface area contributed by atoms with Crippen molar-refractivity contribution in [3.63, 3.8) is 0 Å². The summed E-state index contributed by atoms with van der Waals surface area (Å²) in [4.78, 5) is 4.27. The van der Waals surface area contributed by atoms with E-state index in [2.05, 4.69) is 24.1 Å². The third kappa shape index (κ3) is 3.84. The van der Waals surface area contributed by atoms with Gasteiger partial charge in [0.05, 0.1) is 0 Å². The fourth-order valence-electron chi connectivity index (χ4n) is 1.48. The highest BCUT2D eigenvalue weighted by Crippen LogP contribution is 2.03. The average Bonchev–Trinajstić information content (AvgIpc) is 2.58. The van der Waals surface area contributed by atoms with Gasteiger partial charge in [-0.15, -0.1) is 11.6 Å². The molecule has 0 aromatic carbocycles. The summed E-state index contributed by atoms with van der Waals surface area (Å²) in [7, 11) is 2.02. The molecule has 0 saturated heterocycles. The molecule has 1 aromatic heterocycles. The zero-order valence-corrected chi connectivity index (χ0v) is 10.5. The maximum absolute atomic E-state index is 5.87. The molecule has 0 aliphatic rings. The molecule has 3 nitrogen and oxygen atoms in total. The van der Waals surface area contributed by atoms with Gasteiger partial charge >= 0.3 is 0 Å². The summed E-state index contributed by atoms with van der Waals surface area (Å²) in [5, 5.41) is 3.45. The highest BCUT2D eigenvalue weighted by molar-refractivity contribution is 6.18. The standard InChI is InChI=1S/C11H20ClN3/c1-9(2)10(8-12)13-5-4-11-14-6-7-15(11)3/h6-7,9-10,13H,4-5,8H2,1-3H3. The molecule has 1 heterocycles. The maximum atomic E-state index is 5.87. The fourth-order valence-corrected chi connectivity index (χ4v) is 1.94. The Kier molecular flexibility index (Phi) is 5.12. The Balaban J connectivity index is 2.29. The van der Waals surface area contributed by atoms with Gasteiger partial charge in [-0.2, -0.15) is 0 Å². The monoisotopic (exact) mass is 229 g/mol. The molecule has 15 heavy (non-hydrogen) atoms. The molecule has 1 atom stereocenters. The van der Waals surface area contributed by atoms with Crippen molar-refractivity contribution in [1.82, 2.24) is 14.9 Å². The quantitative estimate of drug-likeness (QED) is 0.755. The Hall–Kier alpha value is -0.540. The van der Waals surface area contributed by atoms with Crippen molar-refractivity contribution < 1.29 is 0 Å². The van der Waals surface area contributed by atoms with E-state index in [4.69, 9.17) is 11.6 Å². The van der Waals surface area contributed by atoms with Crippen LogP contribution in [0.15, 0.2) is 12.4 Å². The normalized spacial score (nSPS) is 13.4. The predicted molar refractivity (Wildman–Crippen MR) is 64.3 cm³/mol. The molecule has 0 radical (unpaired) electrons. The van der Waals surface area contributed by atoms with Crippen LogP contribution in [0.1, 0.15) is 19.7 Å². The van der Waals surface area contributed by atoms with Crippen LogP contribution in [-0.4, -0.2) is 28.0 Å². The van der Waals surface area contributed by atoms with E-state index in [1.807, 2.05) is 24.0 Å². The lowest BCUT2D eigenvalue weighted by atomic mass is 10.1. The van der Waals surface area contributed by atoms with E-state index in [0.717, 1.165) is 18.8 Å². The molecule has 0 spiro atoms. The van der Waals surface area contributed by atoms with Gasteiger partial charge in [0.15, 0.2) is 0 Å². The first-order valence-electron chi connectivity index (χ1n) is 5.40. The Bertz CT molecular complexity index is 283. The van der Waals surface area contributed by atoms with Crippen molar-refractivity contribution in [2.45, 2.75) is 26.3 Å². The Morgan fingerprint density at radius 3 is 2.73 bits per heavy atom. The van der Waals surface area contributed by atoms with Crippen LogP contribution in [0.5, 0.6) is 0 Å². The van der Waals surface area contributed by atoms with Gasteiger partial charge < -0.3 is 9.88 Å². The Morgan fingerprint density at radius 1 is 1.53 bits per heavy atom. The molecule has 0 fully saturated rings. The first-order chi connectivity index (χ1) is 7.15. The van der Waals surface area contributed by atoms with Gasteiger partial charge in [0.2, 0.25) is 0 Å². The van der Waals surface area contributed by atoms with Crippen LogP contribution in [-0.2, 0) is 13.5 Å². The molecular weight excluding hydrogens is 210 g/mol. The van der Waals surface area contributed by atoms with E-state index in [1.165, 1.54) is 0 Å². The molecule has 0 bridgehead atoms. The second-order valence-corrected chi connectivity index (χ2v) is 4.47. The number of rotatable bonds is 6. The molecule has 1 rings (SSSR count). The van der Waals surface area contributed by atoms with Gasteiger partial charge in [-0.1, -0.05) is 13.8 Å². The number of imidazole rings is 1. The molecular formula is C11H20ClN3. The largest absolute Gasteiger partial charge is 0.338 e. The predicted octanol–water partition coefficient (Wildman–Crippen LogP) is 1.82. The number of alkyl halides is 1. The molecule has 0 saturated carbocycles. The SMILES string of the molecule is CC(C)C(CCl)NCCc1nccn1C. The van der Waals surface area contributed by atoms with Crippen molar-refractivity contribution in [2.75, 3.05) is 12.4 Å². The minimum atomic E-state index is 0.395. The molecule has 0 amide bonds. The van der Waals surface area contributed by atoms with Crippen LogP contribution in [0, 0.1) is 5.92 Å². The van der Waals surface area contributed by atoms with E-state index in [9.17, 15) is 0 Å². The molecule has 4 heteroatoms. The zero-order valence-electron chi connectivity index (χ0n) is 9.70. The fraction of sp³-hybridized carbons (Fsp3) is 0.727. The lowest BCUT2D eigenvalue weighted by Crippen LogP contribution is -2.36. The third-order valence-corrected chi connectivity index (χ3v) is 2.98. The van der Waals surface area contributed by atoms with Gasteiger partial charge in [0.25, 0.3) is 0 Å². The van der Waals surface area contributed by atoms with Crippen LogP contribution < -0.4 is 5.32 Å². The highest BCUT2D eigenvalue weighted by Gasteiger charge is 2.10. The maximum Gasteiger partial charge on any atom is 0.109 e. The summed E-state index contributed by atoms with van der Waals surface area (Å²) in [5.41, 5.74) is 0. The summed E-state index contributed by atoms with van der Waals surface area (Å²) in [6.45, 7) is 5.29. The van der Waals surface area contributed by atoms with Crippen molar-refractivity contribution >= 4 is 11.6 Å². The summed E-state index contributed by atoms with van der Waals surface area (Å²) in [6, 6.07) is 0.395. The molecule has 0 aliphatic heterocycles. The lowest BCUT2D eigenvalue weighted by Gasteiger charge is -2.19. The van der Waals surface area contributed by atoms with Crippen molar-refractivity contribution in [3.8, 4) is 0 Å². The van der Waals surface area contributed by atoms with E-state index >= 15 is 0 Å². The van der Waals surface area contributed by atoms with E-state index in [0.29, 0.717) is 17.8 Å². The topological polar surface area (TPSA) is 29.9 Å². The van der Waals surface area contributed by atoms with E-state index in [-0.39, 0.29) is 0 Å². The van der Waals surface area contributed by atoms with Gasteiger partial charge in [0.1, 0.15) is 5.82 Å². The molecule has 1 N–H and O–H groups in total. The van der Waals surface area contributed by atoms with Crippen LogP contribution >= 0.6 is 11.6 Å². The average molecular weight is 230 g/mol. The van der Waals surface area contributed by atoms with Crippen LogP contribution in [0.25, 0.3) is 0 Å². The summed E-state index contributed by atoms with van der Waals surface area (Å²) in [6.07, 6.45) is 4.75. The summed E-state index contributed by atoms with van der Waals surface area (Å²) >= 11 is 5.87. The van der Waals surface area contributed by atoms with E-state index < -0.39 is 0 Å². The minimum absolute atomic E-state index is 0.395. The van der Waals surface area contributed by atoms with Gasteiger partial charge in [-0.3, -0.25) is 0 Å². The lowest BCUT2D eigenvalue weighted by molar-refractivity contribution is 0.431. The first-order valence-corrected chi connectivity index (χ1v) is 5.94.